The Morgan fingerprint density at radius 2 is 1.85 bits per heavy atom. The average Bonchev–Trinajstić information content (AvgIpc) is 2.94. The van der Waals surface area contributed by atoms with E-state index in [1.54, 1.807) is 6.07 Å². The molecule has 0 saturated heterocycles. The van der Waals surface area contributed by atoms with Crippen molar-refractivity contribution in [1.29, 1.82) is 0 Å². The van der Waals surface area contributed by atoms with Crippen LogP contribution in [0.25, 0.3) is 10.9 Å². The molecule has 1 heterocycles. The summed E-state index contributed by atoms with van der Waals surface area (Å²) in [4.78, 5) is 24.4. The molecular weight excluding hydrogens is 340 g/mol. The second-order valence-corrected chi connectivity index (χ2v) is 6.78. The number of aromatic carboxylic acids is 1. The first-order valence-corrected chi connectivity index (χ1v) is 9.17. The van der Waals surface area contributed by atoms with Crippen LogP contribution in [-0.2, 0) is 6.54 Å². The first kappa shape index (κ1) is 18.7. The van der Waals surface area contributed by atoms with E-state index in [0.29, 0.717) is 11.4 Å². The van der Waals surface area contributed by atoms with Crippen LogP contribution in [0.15, 0.2) is 42.5 Å². The minimum Gasteiger partial charge on any atom is -0.478 e. The van der Waals surface area contributed by atoms with Gasteiger partial charge in [-0.3, -0.25) is 4.79 Å². The minimum atomic E-state index is -1.02. The van der Waals surface area contributed by atoms with Crippen molar-refractivity contribution < 1.29 is 14.7 Å². The predicted molar refractivity (Wildman–Crippen MR) is 108 cm³/mol. The summed E-state index contributed by atoms with van der Waals surface area (Å²) in [5, 5.41) is 13.2. The number of para-hydroxylation sites is 1. The number of unbranched alkanes of at least 4 members (excludes halogenated alkanes) is 1. The Balaban J connectivity index is 2.04. The number of nitrogens with one attached hydrogen (secondary N) is 1. The molecule has 0 atom stereocenters. The number of carboxylic acids is 1. The summed E-state index contributed by atoms with van der Waals surface area (Å²) in [6.07, 6.45) is 2.01. The number of nitrogens with zero attached hydrogens (tertiary/aromatic N) is 1. The van der Waals surface area contributed by atoms with Gasteiger partial charge in [0.25, 0.3) is 5.91 Å². The van der Waals surface area contributed by atoms with Gasteiger partial charge < -0.3 is 15.0 Å². The van der Waals surface area contributed by atoms with Crippen LogP contribution >= 0.6 is 0 Å². The standard InChI is InChI=1S/C22H24N2O3/c1-4-5-12-24-19-9-7-6-8-17(19)15(3)20(24)21(25)23-18-13-16(22(26)27)11-10-14(18)2/h6-11,13H,4-5,12H2,1-3H3,(H,23,25)(H,26,27). The number of anilines is 1. The SMILES string of the molecule is CCCCn1c(C(=O)Nc2cc(C(=O)O)ccc2C)c(C)c2ccccc21. The van der Waals surface area contributed by atoms with Crippen LogP contribution in [0.1, 0.15) is 51.7 Å². The van der Waals surface area contributed by atoms with Gasteiger partial charge in [0, 0.05) is 23.1 Å². The fraction of sp³-hybridized carbons (Fsp3) is 0.273. The van der Waals surface area contributed by atoms with Crippen molar-refractivity contribution in [2.24, 2.45) is 0 Å². The smallest absolute Gasteiger partial charge is 0.335 e. The lowest BCUT2D eigenvalue weighted by Crippen LogP contribution is -2.19. The maximum atomic E-state index is 13.1. The van der Waals surface area contributed by atoms with Gasteiger partial charge in [0.05, 0.1) is 5.56 Å². The van der Waals surface area contributed by atoms with Gasteiger partial charge in [-0.15, -0.1) is 0 Å². The molecule has 0 radical (unpaired) electrons. The van der Waals surface area contributed by atoms with Crippen LogP contribution in [-0.4, -0.2) is 21.6 Å². The lowest BCUT2D eigenvalue weighted by Gasteiger charge is -2.13. The highest BCUT2D eigenvalue weighted by atomic mass is 16.4. The van der Waals surface area contributed by atoms with Crippen molar-refractivity contribution in [2.75, 3.05) is 5.32 Å². The van der Waals surface area contributed by atoms with Crippen LogP contribution in [0, 0.1) is 13.8 Å². The van der Waals surface area contributed by atoms with Gasteiger partial charge in [0.2, 0.25) is 0 Å². The zero-order chi connectivity index (χ0) is 19.6. The maximum absolute atomic E-state index is 13.1. The van der Waals surface area contributed by atoms with E-state index in [0.717, 1.165) is 41.4 Å². The molecule has 0 saturated carbocycles. The molecule has 27 heavy (non-hydrogen) atoms. The molecule has 0 unspecified atom stereocenters. The largest absolute Gasteiger partial charge is 0.478 e. The Bertz CT molecular complexity index is 1020. The van der Waals surface area contributed by atoms with Crippen LogP contribution in [0.3, 0.4) is 0 Å². The third-order valence-electron chi connectivity index (χ3n) is 4.91. The Kier molecular flexibility index (Phi) is 5.31. The predicted octanol–water partition coefficient (Wildman–Crippen LogP) is 5.01. The van der Waals surface area contributed by atoms with Crippen LogP contribution < -0.4 is 5.32 Å². The molecule has 0 aliphatic rings. The quantitative estimate of drug-likeness (QED) is 0.646. The zero-order valence-corrected chi connectivity index (χ0v) is 15.9. The Morgan fingerprint density at radius 1 is 1.11 bits per heavy atom. The lowest BCUT2D eigenvalue weighted by atomic mass is 10.1. The summed E-state index contributed by atoms with van der Waals surface area (Å²) in [5.41, 5.74) is 4.11. The number of carboxylic acid groups (broad SMARTS) is 1. The molecule has 3 rings (SSSR count). The molecule has 0 aliphatic carbocycles. The molecule has 0 spiro atoms. The number of aryl methyl sites for hydroxylation is 3. The number of hydrogen-bond acceptors (Lipinski definition) is 2. The van der Waals surface area contributed by atoms with E-state index in [1.165, 1.54) is 12.1 Å². The van der Waals surface area contributed by atoms with Gasteiger partial charge in [-0.25, -0.2) is 4.79 Å². The molecule has 0 bridgehead atoms. The first-order chi connectivity index (χ1) is 12.9. The van der Waals surface area contributed by atoms with E-state index in [-0.39, 0.29) is 11.5 Å². The van der Waals surface area contributed by atoms with E-state index in [1.807, 2.05) is 38.1 Å². The monoisotopic (exact) mass is 364 g/mol. The summed E-state index contributed by atoms with van der Waals surface area (Å²) in [5.74, 6) is -1.23. The first-order valence-electron chi connectivity index (χ1n) is 9.17. The van der Waals surface area contributed by atoms with Crippen LogP contribution in [0.5, 0.6) is 0 Å². The molecule has 1 aromatic heterocycles. The number of fused-ring (bicyclic) bond motifs is 1. The van der Waals surface area contributed by atoms with Gasteiger partial charge in [-0.2, -0.15) is 0 Å². The van der Waals surface area contributed by atoms with E-state index in [2.05, 4.69) is 16.8 Å². The normalized spacial score (nSPS) is 10.9. The molecule has 5 heteroatoms. The molecule has 140 valence electrons. The molecular formula is C22H24N2O3. The average molecular weight is 364 g/mol. The van der Waals surface area contributed by atoms with Gasteiger partial charge in [0.15, 0.2) is 0 Å². The van der Waals surface area contributed by atoms with Crippen molar-refractivity contribution in [3.63, 3.8) is 0 Å². The Morgan fingerprint density at radius 3 is 2.56 bits per heavy atom. The summed E-state index contributed by atoms with van der Waals surface area (Å²) < 4.78 is 2.07. The minimum absolute atomic E-state index is 0.152. The highest BCUT2D eigenvalue weighted by Gasteiger charge is 2.20. The van der Waals surface area contributed by atoms with E-state index in [4.69, 9.17) is 0 Å². The molecule has 0 fully saturated rings. The van der Waals surface area contributed by atoms with Gasteiger partial charge in [-0.1, -0.05) is 37.6 Å². The molecule has 3 aromatic rings. The number of carbonyl (C=O) groups is 2. The fourth-order valence-electron chi connectivity index (χ4n) is 3.39. The summed E-state index contributed by atoms with van der Waals surface area (Å²) in [6.45, 7) is 6.70. The molecule has 0 aliphatic heterocycles. The van der Waals surface area contributed by atoms with E-state index in [9.17, 15) is 14.7 Å². The molecule has 5 nitrogen and oxygen atoms in total. The molecule has 2 N–H and O–H groups in total. The van der Waals surface area contributed by atoms with E-state index >= 15 is 0 Å². The number of benzene rings is 2. The van der Waals surface area contributed by atoms with Crippen molar-refractivity contribution in [3.8, 4) is 0 Å². The topological polar surface area (TPSA) is 71.3 Å². The summed E-state index contributed by atoms with van der Waals surface area (Å²) in [6, 6.07) is 12.8. The second-order valence-electron chi connectivity index (χ2n) is 6.78. The fourth-order valence-corrected chi connectivity index (χ4v) is 3.39. The second kappa shape index (κ2) is 7.66. The van der Waals surface area contributed by atoms with Crippen molar-refractivity contribution in [2.45, 2.75) is 40.2 Å². The highest BCUT2D eigenvalue weighted by molar-refractivity contribution is 6.09. The van der Waals surface area contributed by atoms with Gasteiger partial charge in [0.1, 0.15) is 5.69 Å². The number of carbonyl (C=O) groups excluding carboxylic acids is 1. The van der Waals surface area contributed by atoms with Crippen LogP contribution in [0.4, 0.5) is 5.69 Å². The summed E-state index contributed by atoms with van der Waals surface area (Å²) in [7, 11) is 0. The maximum Gasteiger partial charge on any atom is 0.335 e. The van der Waals surface area contributed by atoms with Gasteiger partial charge >= 0.3 is 5.97 Å². The Hall–Kier alpha value is -3.08. The highest BCUT2D eigenvalue weighted by Crippen LogP contribution is 2.27. The number of hydrogen-bond donors (Lipinski definition) is 2. The third kappa shape index (κ3) is 3.58. The van der Waals surface area contributed by atoms with Gasteiger partial charge in [-0.05, 0) is 49.6 Å². The zero-order valence-electron chi connectivity index (χ0n) is 15.9. The van der Waals surface area contributed by atoms with Crippen molar-refractivity contribution >= 4 is 28.5 Å². The Labute approximate surface area is 158 Å². The number of rotatable bonds is 6. The third-order valence-corrected chi connectivity index (χ3v) is 4.91. The lowest BCUT2D eigenvalue weighted by molar-refractivity contribution is 0.0696. The number of aromatic nitrogens is 1. The van der Waals surface area contributed by atoms with Crippen molar-refractivity contribution in [3.05, 3.63) is 64.8 Å². The molecule has 1 amide bonds. The summed E-state index contributed by atoms with van der Waals surface area (Å²) >= 11 is 0. The number of amides is 1. The van der Waals surface area contributed by atoms with Crippen LogP contribution in [0.2, 0.25) is 0 Å². The van der Waals surface area contributed by atoms with Crippen molar-refractivity contribution in [1.82, 2.24) is 4.57 Å². The molecule has 2 aromatic carbocycles. The van der Waals surface area contributed by atoms with E-state index < -0.39 is 5.97 Å².